The Hall–Kier alpha value is -3.64. The number of hydrogen-bond acceptors (Lipinski definition) is 4. The lowest BCUT2D eigenvalue weighted by Gasteiger charge is -2.04. The molecule has 0 saturated carbocycles. The summed E-state index contributed by atoms with van der Waals surface area (Å²) in [5.74, 6) is -0.209. The van der Waals surface area contributed by atoms with Crippen LogP contribution in [0.5, 0.6) is 0 Å². The van der Waals surface area contributed by atoms with Crippen molar-refractivity contribution in [3.63, 3.8) is 0 Å². The highest BCUT2D eigenvalue weighted by Crippen LogP contribution is 2.21. The van der Waals surface area contributed by atoms with Crippen molar-refractivity contribution in [1.29, 1.82) is 0 Å². The Kier molecular flexibility index (Phi) is 5.14. The Labute approximate surface area is 183 Å². The maximum atomic E-state index is 12.9. The van der Waals surface area contributed by atoms with Crippen molar-refractivity contribution in [1.82, 2.24) is 20.3 Å². The molecular formula is C24H19ClN4O2. The molecule has 0 aliphatic rings. The molecule has 0 unspecified atom stereocenters. The molecule has 0 atom stereocenters. The van der Waals surface area contributed by atoms with Crippen LogP contribution in [-0.2, 0) is 13.0 Å². The summed E-state index contributed by atoms with van der Waals surface area (Å²) in [7, 11) is 0. The summed E-state index contributed by atoms with van der Waals surface area (Å²) in [5.41, 5.74) is 3.95. The number of hydrogen-bond donors (Lipinski definition) is 1. The zero-order valence-electron chi connectivity index (χ0n) is 16.6. The van der Waals surface area contributed by atoms with Gasteiger partial charge in [0.05, 0.1) is 17.8 Å². The quantitative estimate of drug-likeness (QED) is 0.418. The fraction of sp³-hybridized carbons (Fsp3) is 0.125. The van der Waals surface area contributed by atoms with E-state index in [1.165, 1.54) is 0 Å². The fourth-order valence-corrected chi connectivity index (χ4v) is 3.80. The SMILES string of the molecule is O=C(NCCc1noc2ccccc12)c1nn(Cc2ccc(Cl)cc2)c2ccccc12. The molecule has 0 aliphatic heterocycles. The van der Waals surface area contributed by atoms with Crippen LogP contribution in [0.1, 0.15) is 21.7 Å². The van der Waals surface area contributed by atoms with Gasteiger partial charge in [0, 0.05) is 28.8 Å². The zero-order valence-corrected chi connectivity index (χ0v) is 17.3. The van der Waals surface area contributed by atoms with Gasteiger partial charge < -0.3 is 9.84 Å². The maximum absolute atomic E-state index is 12.9. The van der Waals surface area contributed by atoms with Gasteiger partial charge in [-0.15, -0.1) is 0 Å². The predicted octanol–water partition coefficient (Wildman–Crippen LogP) is 4.85. The van der Waals surface area contributed by atoms with E-state index in [1.807, 2.05) is 77.5 Å². The van der Waals surface area contributed by atoms with E-state index in [0.717, 1.165) is 33.1 Å². The first-order valence-electron chi connectivity index (χ1n) is 10.0. The van der Waals surface area contributed by atoms with Crippen LogP contribution in [0.25, 0.3) is 21.9 Å². The standard InChI is InChI=1S/C24H19ClN4O2/c25-17-11-9-16(10-12-17)15-29-21-7-3-1-6-19(21)23(27-29)24(30)26-14-13-20-18-5-2-4-8-22(18)31-28-20/h1-12H,13-15H2,(H,26,30). The minimum Gasteiger partial charge on any atom is -0.356 e. The Bertz CT molecular complexity index is 1370. The third-order valence-electron chi connectivity index (χ3n) is 5.22. The van der Waals surface area contributed by atoms with E-state index in [1.54, 1.807) is 0 Å². The van der Waals surface area contributed by atoms with E-state index < -0.39 is 0 Å². The lowest BCUT2D eigenvalue weighted by Crippen LogP contribution is -2.26. The summed E-state index contributed by atoms with van der Waals surface area (Å²) >= 11 is 5.99. The second-order valence-electron chi connectivity index (χ2n) is 7.28. The lowest BCUT2D eigenvalue weighted by molar-refractivity contribution is 0.0949. The van der Waals surface area contributed by atoms with Gasteiger partial charge >= 0.3 is 0 Å². The van der Waals surface area contributed by atoms with Crippen molar-refractivity contribution in [2.24, 2.45) is 0 Å². The zero-order chi connectivity index (χ0) is 21.2. The number of carbonyl (C=O) groups excluding carboxylic acids is 1. The second kappa shape index (κ2) is 8.24. The first-order chi connectivity index (χ1) is 15.2. The van der Waals surface area contributed by atoms with Crippen molar-refractivity contribution in [3.8, 4) is 0 Å². The number of fused-ring (bicyclic) bond motifs is 2. The molecule has 5 aromatic rings. The average molecular weight is 431 g/mol. The first-order valence-corrected chi connectivity index (χ1v) is 10.4. The van der Waals surface area contributed by atoms with E-state index in [0.29, 0.717) is 30.2 Å². The molecule has 2 heterocycles. The van der Waals surface area contributed by atoms with Gasteiger partial charge in [-0.25, -0.2) is 0 Å². The Balaban J connectivity index is 1.34. The van der Waals surface area contributed by atoms with Crippen LogP contribution in [0, 0.1) is 0 Å². The van der Waals surface area contributed by atoms with E-state index in [9.17, 15) is 4.79 Å². The van der Waals surface area contributed by atoms with Gasteiger partial charge in [0.2, 0.25) is 0 Å². The molecule has 6 nitrogen and oxygen atoms in total. The number of benzene rings is 3. The molecule has 0 aliphatic carbocycles. The van der Waals surface area contributed by atoms with E-state index in [2.05, 4.69) is 15.6 Å². The number of aromatic nitrogens is 3. The van der Waals surface area contributed by atoms with Crippen molar-refractivity contribution in [2.45, 2.75) is 13.0 Å². The molecule has 0 bridgehead atoms. The van der Waals surface area contributed by atoms with Crippen LogP contribution >= 0.6 is 11.6 Å². The Morgan fingerprint density at radius 1 is 0.968 bits per heavy atom. The molecular weight excluding hydrogens is 412 g/mol. The Morgan fingerprint density at radius 3 is 2.55 bits per heavy atom. The van der Waals surface area contributed by atoms with Crippen LogP contribution < -0.4 is 5.32 Å². The maximum Gasteiger partial charge on any atom is 0.272 e. The number of nitrogens with zero attached hydrogens (tertiary/aromatic N) is 3. The number of nitrogens with one attached hydrogen (secondary N) is 1. The van der Waals surface area contributed by atoms with E-state index >= 15 is 0 Å². The molecule has 154 valence electrons. The topological polar surface area (TPSA) is 73.0 Å². The van der Waals surface area contributed by atoms with Gasteiger partial charge in [0.15, 0.2) is 11.3 Å². The first kappa shape index (κ1) is 19.3. The fourth-order valence-electron chi connectivity index (χ4n) is 3.67. The molecule has 7 heteroatoms. The van der Waals surface area contributed by atoms with Crippen LogP contribution in [0.3, 0.4) is 0 Å². The molecule has 1 N–H and O–H groups in total. The lowest BCUT2D eigenvalue weighted by atomic mass is 10.1. The van der Waals surface area contributed by atoms with Gasteiger partial charge in [0.1, 0.15) is 0 Å². The van der Waals surface area contributed by atoms with Crippen LogP contribution in [-0.4, -0.2) is 27.4 Å². The molecule has 0 radical (unpaired) electrons. The highest BCUT2D eigenvalue weighted by atomic mass is 35.5. The molecule has 1 amide bonds. The summed E-state index contributed by atoms with van der Waals surface area (Å²) in [5, 5.41) is 14.2. The van der Waals surface area contributed by atoms with Gasteiger partial charge in [-0.1, -0.05) is 59.2 Å². The van der Waals surface area contributed by atoms with Crippen LogP contribution in [0.4, 0.5) is 0 Å². The summed E-state index contributed by atoms with van der Waals surface area (Å²) < 4.78 is 7.18. The van der Waals surface area contributed by atoms with Crippen LogP contribution in [0.2, 0.25) is 5.02 Å². The monoisotopic (exact) mass is 430 g/mol. The molecule has 0 spiro atoms. The number of carbonyl (C=O) groups is 1. The van der Waals surface area contributed by atoms with Crippen LogP contribution in [0.15, 0.2) is 77.3 Å². The van der Waals surface area contributed by atoms with Gasteiger partial charge in [-0.3, -0.25) is 9.48 Å². The third kappa shape index (κ3) is 3.90. The Morgan fingerprint density at radius 2 is 1.71 bits per heavy atom. The molecule has 3 aromatic carbocycles. The number of halogens is 1. The second-order valence-corrected chi connectivity index (χ2v) is 7.72. The molecule has 2 aromatic heterocycles. The highest BCUT2D eigenvalue weighted by molar-refractivity contribution is 6.30. The summed E-state index contributed by atoms with van der Waals surface area (Å²) in [6.07, 6.45) is 0.576. The molecule has 5 rings (SSSR count). The number of para-hydroxylation sites is 2. The van der Waals surface area contributed by atoms with Crippen molar-refractivity contribution < 1.29 is 9.32 Å². The van der Waals surface area contributed by atoms with E-state index in [-0.39, 0.29) is 5.91 Å². The smallest absolute Gasteiger partial charge is 0.272 e. The van der Waals surface area contributed by atoms with Crippen molar-refractivity contribution in [2.75, 3.05) is 6.54 Å². The molecule has 0 saturated heterocycles. The summed E-state index contributed by atoms with van der Waals surface area (Å²) in [4.78, 5) is 12.9. The average Bonchev–Trinajstić information content (AvgIpc) is 3.37. The van der Waals surface area contributed by atoms with Crippen molar-refractivity contribution >= 4 is 39.4 Å². The molecule has 0 fully saturated rings. The third-order valence-corrected chi connectivity index (χ3v) is 5.47. The number of rotatable bonds is 6. The van der Waals surface area contributed by atoms with E-state index in [4.69, 9.17) is 16.1 Å². The minimum atomic E-state index is -0.209. The largest absolute Gasteiger partial charge is 0.356 e. The number of amides is 1. The summed E-state index contributed by atoms with van der Waals surface area (Å²) in [6.45, 7) is 0.990. The molecule has 31 heavy (non-hydrogen) atoms. The highest BCUT2D eigenvalue weighted by Gasteiger charge is 2.17. The summed E-state index contributed by atoms with van der Waals surface area (Å²) in [6, 6.07) is 23.1. The normalized spacial score (nSPS) is 11.3. The van der Waals surface area contributed by atoms with Gasteiger partial charge in [0.25, 0.3) is 5.91 Å². The van der Waals surface area contributed by atoms with Gasteiger partial charge in [-0.2, -0.15) is 5.10 Å². The van der Waals surface area contributed by atoms with Crippen molar-refractivity contribution in [3.05, 3.63) is 94.8 Å². The van der Waals surface area contributed by atoms with Gasteiger partial charge in [-0.05, 0) is 35.9 Å². The minimum absolute atomic E-state index is 0.209. The predicted molar refractivity (Wildman–Crippen MR) is 120 cm³/mol.